The van der Waals surface area contributed by atoms with E-state index in [1.807, 2.05) is 36.4 Å². The first kappa shape index (κ1) is 20.0. The maximum atomic E-state index is 12.6. The van der Waals surface area contributed by atoms with Crippen molar-refractivity contribution in [3.05, 3.63) is 81.9 Å². The predicted octanol–water partition coefficient (Wildman–Crippen LogP) is 5.53. The van der Waals surface area contributed by atoms with Gasteiger partial charge in [0.05, 0.1) is 12.5 Å². The number of nitrogens with zero attached hydrogens (tertiary/aromatic N) is 3. The Morgan fingerprint density at radius 3 is 2.75 bits per heavy atom. The van der Waals surface area contributed by atoms with Crippen molar-refractivity contribution < 1.29 is 4.79 Å². The summed E-state index contributed by atoms with van der Waals surface area (Å²) in [5.74, 6) is -0.113. The van der Waals surface area contributed by atoms with Gasteiger partial charge in [-0.15, -0.1) is 11.3 Å². The molecule has 0 fully saturated rings. The van der Waals surface area contributed by atoms with E-state index in [9.17, 15) is 4.79 Å². The van der Waals surface area contributed by atoms with Crippen LogP contribution in [0.25, 0.3) is 16.5 Å². The monoisotopic (exact) mass is 451 g/mol. The smallest absolute Gasteiger partial charge is 0.246 e. The van der Waals surface area contributed by atoms with Crippen LogP contribution in [-0.2, 0) is 11.3 Å². The van der Waals surface area contributed by atoms with Crippen molar-refractivity contribution in [2.45, 2.75) is 13.0 Å². The minimum Gasteiger partial charge on any atom is -0.334 e. The van der Waals surface area contributed by atoms with Gasteiger partial charge in [-0.25, -0.2) is 0 Å². The summed E-state index contributed by atoms with van der Waals surface area (Å²) in [6.07, 6.45) is 7.14. The SMILES string of the molecule is N#CCCN(Cc1cccnc1)C(=O)C=Cc1ccc(-c2ccc(Br)cc2)s1. The number of hydrogen-bond donors (Lipinski definition) is 0. The minimum absolute atomic E-state index is 0.113. The van der Waals surface area contributed by atoms with Crippen LogP contribution in [0.4, 0.5) is 0 Å². The van der Waals surface area contributed by atoms with Gasteiger partial charge in [0.1, 0.15) is 0 Å². The van der Waals surface area contributed by atoms with Crippen LogP contribution in [0.5, 0.6) is 0 Å². The number of amides is 1. The van der Waals surface area contributed by atoms with Gasteiger partial charge in [0.25, 0.3) is 0 Å². The fourth-order valence-electron chi connectivity index (χ4n) is 2.63. The molecule has 2 heterocycles. The number of nitriles is 1. The Kier molecular flexibility index (Phi) is 7.12. The fraction of sp³-hybridized carbons (Fsp3) is 0.136. The van der Waals surface area contributed by atoms with Crippen LogP contribution in [0.3, 0.4) is 0 Å². The Morgan fingerprint density at radius 1 is 1.21 bits per heavy atom. The highest BCUT2D eigenvalue weighted by Crippen LogP contribution is 2.29. The van der Waals surface area contributed by atoms with Crippen molar-refractivity contribution >= 4 is 39.2 Å². The summed E-state index contributed by atoms with van der Waals surface area (Å²) >= 11 is 5.08. The average Bonchev–Trinajstić information content (AvgIpc) is 3.19. The molecule has 0 aliphatic heterocycles. The number of aromatic nitrogens is 1. The lowest BCUT2D eigenvalue weighted by Gasteiger charge is -2.19. The van der Waals surface area contributed by atoms with Crippen LogP contribution >= 0.6 is 27.3 Å². The van der Waals surface area contributed by atoms with Gasteiger partial charge in [-0.1, -0.05) is 34.1 Å². The van der Waals surface area contributed by atoms with Crippen molar-refractivity contribution in [2.75, 3.05) is 6.54 Å². The molecule has 0 atom stereocenters. The molecule has 3 aromatic rings. The summed E-state index contributed by atoms with van der Waals surface area (Å²) in [6, 6.07) is 18.1. The molecule has 0 N–H and O–H groups in total. The van der Waals surface area contributed by atoms with E-state index in [4.69, 9.17) is 5.26 Å². The highest BCUT2D eigenvalue weighted by atomic mass is 79.9. The molecule has 6 heteroatoms. The number of benzene rings is 1. The number of carbonyl (C=O) groups is 1. The molecule has 0 aliphatic rings. The van der Waals surface area contributed by atoms with Crippen molar-refractivity contribution in [3.63, 3.8) is 0 Å². The van der Waals surface area contributed by atoms with E-state index in [1.54, 1.807) is 34.7 Å². The molecule has 0 aliphatic carbocycles. The number of carbonyl (C=O) groups excluding carboxylic acids is 1. The molecule has 0 spiro atoms. The van der Waals surface area contributed by atoms with Gasteiger partial charge in [0.15, 0.2) is 0 Å². The predicted molar refractivity (Wildman–Crippen MR) is 116 cm³/mol. The molecule has 3 rings (SSSR count). The molecular formula is C22H18BrN3OS. The molecule has 28 heavy (non-hydrogen) atoms. The fourth-order valence-corrected chi connectivity index (χ4v) is 3.82. The molecule has 1 aromatic carbocycles. The van der Waals surface area contributed by atoms with Gasteiger partial charge in [-0.2, -0.15) is 5.26 Å². The van der Waals surface area contributed by atoms with Gasteiger partial charge < -0.3 is 4.90 Å². The zero-order valence-electron chi connectivity index (χ0n) is 15.1. The quantitative estimate of drug-likeness (QED) is 0.443. The van der Waals surface area contributed by atoms with Crippen LogP contribution in [0, 0.1) is 11.3 Å². The molecule has 1 amide bonds. The summed E-state index contributed by atoms with van der Waals surface area (Å²) in [5.41, 5.74) is 2.09. The highest BCUT2D eigenvalue weighted by molar-refractivity contribution is 9.10. The molecule has 0 bridgehead atoms. The molecule has 0 unspecified atom stereocenters. The second kappa shape index (κ2) is 9.98. The van der Waals surface area contributed by atoms with Crippen LogP contribution in [0.2, 0.25) is 0 Å². The van der Waals surface area contributed by atoms with Crippen molar-refractivity contribution in [3.8, 4) is 16.5 Å². The lowest BCUT2D eigenvalue weighted by Crippen LogP contribution is -2.29. The Morgan fingerprint density at radius 2 is 2.04 bits per heavy atom. The third-order valence-electron chi connectivity index (χ3n) is 4.05. The van der Waals surface area contributed by atoms with Gasteiger partial charge in [-0.3, -0.25) is 9.78 Å². The van der Waals surface area contributed by atoms with Crippen LogP contribution in [0.15, 0.2) is 71.5 Å². The number of pyridine rings is 1. The Hall–Kier alpha value is -2.75. The first-order valence-corrected chi connectivity index (χ1v) is 10.4. The molecule has 2 aromatic heterocycles. The number of halogens is 1. The topological polar surface area (TPSA) is 57.0 Å². The molecule has 0 radical (unpaired) electrons. The molecule has 0 saturated heterocycles. The van der Waals surface area contributed by atoms with Crippen LogP contribution < -0.4 is 0 Å². The van der Waals surface area contributed by atoms with E-state index in [0.717, 1.165) is 25.4 Å². The second-order valence-corrected chi connectivity index (χ2v) is 8.10. The lowest BCUT2D eigenvalue weighted by atomic mass is 10.2. The number of thiophene rings is 1. The van der Waals surface area contributed by atoms with E-state index < -0.39 is 0 Å². The lowest BCUT2D eigenvalue weighted by molar-refractivity contribution is -0.126. The second-order valence-electron chi connectivity index (χ2n) is 6.07. The van der Waals surface area contributed by atoms with E-state index in [1.165, 1.54) is 0 Å². The van der Waals surface area contributed by atoms with Gasteiger partial charge in [0, 0.05) is 45.8 Å². The van der Waals surface area contributed by atoms with Gasteiger partial charge in [-0.05, 0) is 47.5 Å². The molecule has 4 nitrogen and oxygen atoms in total. The Balaban J connectivity index is 1.69. The molecular weight excluding hydrogens is 434 g/mol. The van der Waals surface area contributed by atoms with Crippen LogP contribution in [0.1, 0.15) is 16.9 Å². The van der Waals surface area contributed by atoms with Crippen molar-refractivity contribution in [1.29, 1.82) is 5.26 Å². The zero-order chi connectivity index (χ0) is 19.8. The largest absolute Gasteiger partial charge is 0.334 e. The van der Waals surface area contributed by atoms with Crippen LogP contribution in [-0.4, -0.2) is 22.3 Å². The van der Waals surface area contributed by atoms with Crippen molar-refractivity contribution in [1.82, 2.24) is 9.88 Å². The third-order valence-corrected chi connectivity index (χ3v) is 5.68. The maximum Gasteiger partial charge on any atom is 0.246 e. The van der Waals surface area contributed by atoms with E-state index >= 15 is 0 Å². The number of hydrogen-bond acceptors (Lipinski definition) is 4. The van der Waals surface area contributed by atoms with E-state index in [0.29, 0.717) is 19.5 Å². The molecule has 140 valence electrons. The first-order chi connectivity index (χ1) is 13.7. The van der Waals surface area contributed by atoms with Gasteiger partial charge in [0.2, 0.25) is 5.91 Å². The highest BCUT2D eigenvalue weighted by Gasteiger charge is 2.11. The first-order valence-electron chi connectivity index (χ1n) is 8.74. The van der Waals surface area contributed by atoms with Crippen molar-refractivity contribution in [2.24, 2.45) is 0 Å². The third kappa shape index (κ3) is 5.62. The van der Waals surface area contributed by atoms with Gasteiger partial charge >= 0.3 is 0 Å². The Bertz CT molecular complexity index is 991. The minimum atomic E-state index is -0.113. The summed E-state index contributed by atoms with van der Waals surface area (Å²) in [5, 5.41) is 8.88. The number of rotatable bonds is 7. The summed E-state index contributed by atoms with van der Waals surface area (Å²) in [7, 11) is 0. The molecule has 0 saturated carbocycles. The average molecular weight is 452 g/mol. The summed E-state index contributed by atoms with van der Waals surface area (Å²) in [4.78, 5) is 20.6. The summed E-state index contributed by atoms with van der Waals surface area (Å²) in [6.45, 7) is 0.830. The normalized spacial score (nSPS) is 10.7. The summed E-state index contributed by atoms with van der Waals surface area (Å²) < 4.78 is 1.05. The maximum absolute atomic E-state index is 12.6. The van der Waals surface area contributed by atoms with E-state index in [-0.39, 0.29) is 5.91 Å². The standard InChI is InChI=1S/C22H18BrN3OS/c23-19-6-4-18(5-7-19)21-10-8-20(28-21)9-11-22(27)26(14-2-12-24)16-17-3-1-13-25-15-17/h1,3-11,13,15H,2,14,16H2. The Labute approximate surface area is 176 Å². The zero-order valence-corrected chi connectivity index (χ0v) is 17.5. The van der Waals surface area contributed by atoms with E-state index in [2.05, 4.69) is 45.2 Å².